The summed E-state index contributed by atoms with van der Waals surface area (Å²) in [5.41, 5.74) is 2.70. The number of aryl methyl sites for hydroxylation is 2. The summed E-state index contributed by atoms with van der Waals surface area (Å²) >= 11 is 1.68. The Labute approximate surface area is 148 Å². The fourth-order valence-corrected chi connectivity index (χ4v) is 4.39. The van der Waals surface area contributed by atoms with Gasteiger partial charge in [-0.25, -0.2) is 0 Å². The number of thiophene rings is 1. The number of fused-ring (bicyclic) bond motifs is 1. The monoisotopic (exact) mass is 342 g/mol. The molecule has 1 atom stereocenters. The lowest BCUT2D eigenvalue weighted by molar-refractivity contribution is 0.0945. The van der Waals surface area contributed by atoms with E-state index in [0.29, 0.717) is 12.6 Å². The molecule has 0 saturated heterocycles. The second kappa shape index (κ2) is 7.95. The molecule has 1 amide bonds. The first-order valence-corrected chi connectivity index (χ1v) is 9.55. The van der Waals surface area contributed by atoms with E-state index in [4.69, 9.17) is 0 Å². The highest BCUT2D eigenvalue weighted by atomic mass is 32.1. The normalized spacial score (nSPS) is 15.1. The zero-order valence-electron chi connectivity index (χ0n) is 14.5. The highest BCUT2D eigenvalue weighted by molar-refractivity contribution is 7.14. The lowest BCUT2D eigenvalue weighted by Crippen LogP contribution is -2.41. The number of carbonyl (C=O) groups excluding carboxylic acids is 1. The van der Waals surface area contributed by atoms with Gasteiger partial charge in [-0.3, -0.25) is 4.79 Å². The quantitative estimate of drug-likeness (QED) is 0.871. The van der Waals surface area contributed by atoms with Crippen molar-refractivity contribution in [3.63, 3.8) is 0 Å². The molecule has 2 aromatic rings. The standard InChI is InChI=1S/C20H26N2OS/c1-22(2)17(12-15-8-4-3-5-9-15)14-21-20(23)19-13-16-10-6-7-11-18(16)24-19/h3-5,8-9,13,17H,6-7,10-12,14H2,1-2H3,(H,21,23). The number of nitrogens with zero attached hydrogens (tertiary/aromatic N) is 1. The van der Waals surface area contributed by atoms with E-state index in [1.54, 1.807) is 11.3 Å². The van der Waals surface area contributed by atoms with Gasteiger partial charge in [0.2, 0.25) is 0 Å². The summed E-state index contributed by atoms with van der Waals surface area (Å²) in [5, 5.41) is 3.14. The highest BCUT2D eigenvalue weighted by Gasteiger charge is 2.19. The maximum Gasteiger partial charge on any atom is 0.261 e. The van der Waals surface area contributed by atoms with Gasteiger partial charge in [0, 0.05) is 17.5 Å². The first-order chi connectivity index (χ1) is 11.6. The summed E-state index contributed by atoms with van der Waals surface area (Å²) in [5.74, 6) is 0.0781. The van der Waals surface area contributed by atoms with Crippen LogP contribution in [0, 0.1) is 0 Å². The maximum atomic E-state index is 12.5. The Hall–Kier alpha value is -1.65. The number of hydrogen-bond acceptors (Lipinski definition) is 3. The van der Waals surface area contributed by atoms with Gasteiger partial charge in [0.15, 0.2) is 0 Å². The van der Waals surface area contributed by atoms with Crippen molar-refractivity contribution in [3.8, 4) is 0 Å². The molecule has 1 aromatic heterocycles. The number of rotatable bonds is 6. The molecular formula is C20H26N2OS. The Morgan fingerprint density at radius 2 is 1.96 bits per heavy atom. The number of carbonyl (C=O) groups is 1. The third kappa shape index (κ3) is 4.25. The van der Waals surface area contributed by atoms with Crippen LogP contribution in [0.4, 0.5) is 0 Å². The lowest BCUT2D eigenvalue weighted by atomic mass is 9.99. The number of amides is 1. The van der Waals surface area contributed by atoms with Crippen LogP contribution in [-0.2, 0) is 19.3 Å². The predicted octanol–water partition coefficient (Wildman–Crippen LogP) is 3.53. The average molecular weight is 343 g/mol. The van der Waals surface area contributed by atoms with Crippen LogP contribution in [0.15, 0.2) is 36.4 Å². The third-order valence-corrected chi connectivity index (χ3v) is 6.00. The molecular weight excluding hydrogens is 316 g/mol. The van der Waals surface area contributed by atoms with Gasteiger partial charge in [0.05, 0.1) is 4.88 Å². The molecule has 1 aromatic carbocycles. The van der Waals surface area contributed by atoms with Gasteiger partial charge in [0.1, 0.15) is 0 Å². The Bertz CT molecular complexity index is 655. The predicted molar refractivity (Wildman–Crippen MR) is 101 cm³/mol. The Morgan fingerprint density at radius 1 is 1.21 bits per heavy atom. The molecule has 24 heavy (non-hydrogen) atoms. The fraction of sp³-hybridized carbons (Fsp3) is 0.450. The molecule has 1 aliphatic carbocycles. The van der Waals surface area contributed by atoms with E-state index in [2.05, 4.69) is 54.6 Å². The first kappa shape index (κ1) is 17.2. The van der Waals surface area contributed by atoms with Crippen LogP contribution >= 0.6 is 11.3 Å². The van der Waals surface area contributed by atoms with Crippen LogP contribution in [0.25, 0.3) is 0 Å². The molecule has 0 saturated carbocycles. The summed E-state index contributed by atoms with van der Waals surface area (Å²) in [6.07, 6.45) is 5.73. The van der Waals surface area contributed by atoms with E-state index in [9.17, 15) is 4.79 Å². The summed E-state index contributed by atoms with van der Waals surface area (Å²) in [7, 11) is 4.15. The molecule has 1 heterocycles. The zero-order valence-corrected chi connectivity index (χ0v) is 15.4. The zero-order chi connectivity index (χ0) is 16.9. The molecule has 0 spiro atoms. The number of hydrogen-bond donors (Lipinski definition) is 1. The van der Waals surface area contributed by atoms with Crippen LogP contribution in [-0.4, -0.2) is 37.5 Å². The summed E-state index contributed by atoms with van der Waals surface area (Å²) in [6, 6.07) is 12.9. The first-order valence-electron chi connectivity index (χ1n) is 8.73. The van der Waals surface area contributed by atoms with Crippen molar-refractivity contribution in [2.75, 3.05) is 20.6 Å². The van der Waals surface area contributed by atoms with Crippen molar-refractivity contribution in [2.24, 2.45) is 0 Å². The topological polar surface area (TPSA) is 32.3 Å². The molecule has 0 bridgehead atoms. The van der Waals surface area contributed by atoms with Crippen LogP contribution in [0.1, 0.15) is 38.5 Å². The fourth-order valence-electron chi connectivity index (χ4n) is 3.22. The molecule has 1 aliphatic rings. The van der Waals surface area contributed by atoms with Crippen LogP contribution in [0.5, 0.6) is 0 Å². The largest absolute Gasteiger partial charge is 0.350 e. The van der Waals surface area contributed by atoms with Crippen molar-refractivity contribution in [1.29, 1.82) is 0 Å². The van der Waals surface area contributed by atoms with Gasteiger partial charge in [-0.15, -0.1) is 11.3 Å². The van der Waals surface area contributed by atoms with Gasteiger partial charge >= 0.3 is 0 Å². The molecule has 0 radical (unpaired) electrons. The average Bonchev–Trinajstić information content (AvgIpc) is 3.03. The molecule has 1 N–H and O–H groups in total. The molecule has 0 fully saturated rings. The van der Waals surface area contributed by atoms with Crippen molar-refractivity contribution in [1.82, 2.24) is 10.2 Å². The summed E-state index contributed by atoms with van der Waals surface area (Å²) < 4.78 is 0. The van der Waals surface area contributed by atoms with Gasteiger partial charge in [0.25, 0.3) is 5.91 Å². The minimum atomic E-state index is 0.0781. The van der Waals surface area contributed by atoms with E-state index >= 15 is 0 Å². The molecule has 0 aliphatic heterocycles. The van der Waals surface area contributed by atoms with Crippen molar-refractivity contribution in [2.45, 2.75) is 38.1 Å². The molecule has 1 unspecified atom stereocenters. The molecule has 3 rings (SSSR count). The van der Waals surface area contributed by atoms with Crippen LogP contribution < -0.4 is 5.32 Å². The second-order valence-electron chi connectivity index (χ2n) is 6.78. The van der Waals surface area contributed by atoms with Crippen molar-refractivity contribution in [3.05, 3.63) is 57.3 Å². The van der Waals surface area contributed by atoms with Crippen LogP contribution in [0.2, 0.25) is 0 Å². The van der Waals surface area contributed by atoms with E-state index in [0.717, 1.165) is 24.1 Å². The van der Waals surface area contributed by atoms with E-state index in [-0.39, 0.29) is 5.91 Å². The van der Waals surface area contributed by atoms with Crippen molar-refractivity contribution < 1.29 is 4.79 Å². The number of benzene rings is 1. The van der Waals surface area contributed by atoms with Gasteiger partial charge < -0.3 is 10.2 Å². The van der Waals surface area contributed by atoms with Gasteiger partial charge in [-0.2, -0.15) is 0 Å². The van der Waals surface area contributed by atoms with E-state index in [1.165, 1.54) is 28.8 Å². The Morgan fingerprint density at radius 3 is 2.67 bits per heavy atom. The molecule has 4 heteroatoms. The maximum absolute atomic E-state index is 12.5. The highest BCUT2D eigenvalue weighted by Crippen LogP contribution is 2.29. The molecule has 128 valence electrons. The number of nitrogens with one attached hydrogen (secondary N) is 1. The summed E-state index contributed by atoms with van der Waals surface area (Å²) in [6.45, 7) is 0.670. The summed E-state index contributed by atoms with van der Waals surface area (Å²) in [4.78, 5) is 17.0. The minimum absolute atomic E-state index is 0.0781. The number of likely N-dealkylation sites (N-methyl/N-ethyl adjacent to an activating group) is 1. The smallest absolute Gasteiger partial charge is 0.261 e. The van der Waals surface area contributed by atoms with E-state index < -0.39 is 0 Å². The van der Waals surface area contributed by atoms with Crippen molar-refractivity contribution >= 4 is 17.2 Å². The second-order valence-corrected chi connectivity index (χ2v) is 7.92. The van der Waals surface area contributed by atoms with E-state index in [1.807, 2.05) is 6.07 Å². The lowest BCUT2D eigenvalue weighted by Gasteiger charge is -2.24. The van der Waals surface area contributed by atoms with Gasteiger partial charge in [-0.05, 0) is 63.4 Å². The van der Waals surface area contributed by atoms with Crippen LogP contribution in [0.3, 0.4) is 0 Å². The SMILES string of the molecule is CN(C)C(CNC(=O)c1cc2c(s1)CCCC2)Cc1ccccc1. The third-order valence-electron chi connectivity index (χ3n) is 4.76. The Balaban J connectivity index is 1.59. The molecule has 3 nitrogen and oxygen atoms in total. The Kier molecular flexibility index (Phi) is 5.69. The minimum Gasteiger partial charge on any atom is -0.350 e. The van der Waals surface area contributed by atoms with Gasteiger partial charge in [-0.1, -0.05) is 30.3 Å².